The van der Waals surface area contributed by atoms with Crippen molar-refractivity contribution in [2.75, 3.05) is 0 Å². The minimum absolute atomic E-state index is 0.0146. The van der Waals surface area contributed by atoms with Crippen LogP contribution < -0.4 is 17.4 Å². The first-order valence-electron chi connectivity index (χ1n) is 11.1. The van der Waals surface area contributed by atoms with Crippen LogP contribution in [0, 0.1) is 0 Å². The third-order valence-corrected chi connectivity index (χ3v) is 8.69. The van der Waals surface area contributed by atoms with Crippen LogP contribution >= 0.6 is 0 Å². The molecular weight excluding hydrogens is 543 g/mol. The number of rotatable bonds is 8. The van der Waals surface area contributed by atoms with Gasteiger partial charge in [0.1, 0.15) is 0 Å². The summed E-state index contributed by atoms with van der Waals surface area (Å²) in [6.07, 6.45) is -0.0291. The van der Waals surface area contributed by atoms with E-state index in [4.69, 9.17) is 0 Å². The van der Waals surface area contributed by atoms with Gasteiger partial charge in [-0.05, 0) is 35.1 Å². The fraction of sp³-hybridized carbons (Fsp3) is 0.0667. The van der Waals surface area contributed by atoms with E-state index in [0.29, 0.717) is 11.1 Å². The zero-order valence-electron chi connectivity index (χ0n) is 19.1. The van der Waals surface area contributed by atoms with E-state index >= 15 is 0 Å². The van der Waals surface area contributed by atoms with E-state index in [0.717, 1.165) is 0 Å². The van der Waals surface area contributed by atoms with Gasteiger partial charge in [0.05, 0.1) is 11.9 Å². The number of hydrogen-bond acceptors (Lipinski definition) is 4. The van der Waals surface area contributed by atoms with Crippen LogP contribution in [0.4, 0.5) is 0 Å². The number of benzene rings is 4. The molecule has 5 heteroatoms. The summed E-state index contributed by atoms with van der Waals surface area (Å²) < 4.78 is 3.08. The maximum atomic E-state index is 11.4. The topological polar surface area (TPSA) is 80.3 Å². The van der Waals surface area contributed by atoms with Gasteiger partial charge in [-0.1, -0.05) is 60.7 Å². The zero-order chi connectivity index (χ0) is 24.9. The molecule has 0 aliphatic carbocycles. The number of carbonyl (C=O) groups excluding carboxylic acids is 2. The molecule has 0 bridgehead atoms. The van der Waals surface area contributed by atoms with E-state index in [1.165, 1.54) is 7.16 Å². The number of hydrogen-bond donors (Lipinski definition) is 0. The van der Waals surface area contributed by atoms with Crippen molar-refractivity contribution < 1.29 is 19.8 Å². The van der Waals surface area contributed by atoms with Gasteiger partial charge in [0.2, 0.25) is 0 Å². The SMILES string of the molecule is O=C([O-])/C(Cc1ccccc1)=C(/Cc1ccccc1)C(=O)[O-].c1cc[c]([Sn+2][c]2ccccc2)cc1. The third kappa shape index (κ3) is 8.91. The van der Waals surface area contributed by atoms with Gasteiger partial charge in [0, 0.05) is 0 Å². The Morgan fingerprint density at radius 3 is 1.06 bits per heavy atom. The van der Waals surface area contributed by atoms with Crippen molar-refractivity contribution in [3.63, 3.8) is 0 Å². The second kappa shape index (κ2) is 13.9. The van der Waals surface area contributed by atoms with E-state index < -0.39 is 33.1 Å². The summed E-state index contributed by atoms with van der Waals surface area (Å²) in [5, 5.41) is 22.8. The average molecular weight is 567 g/mol. The van der Waals surface area contributed by atoms with Gasteiger partial charge in [-0.25, -0.2) is 0 Å². The molecule has 4 aromatic rings. The normalized spacial score (nSPS) is 10.7. The van der Waals surface area contributed by atoms with Crippen LogP contribution in [0.5, 0.6) is 0 Å². The van der Waals surface area contributed by atoms with Crippen molar-refractivity contribution in [2.24, 2.45) is 0 Å². The molecule has 0 unspecified atom stereocenters. The summed E-state index contributed by atoms with van der Waals surface area (Å²) >= 11 is -0.517. The van der Waals surface area contributed by atoms with Gasteiger partial charge in [-0.15, -0.1) is 0 Å². The van der Waals surface area contributed by atoms with Crippen LogP contribution in [-0.4, -0.2) is 33.1 Å². The quantitative estimate of drug-likeness (QED) is 0.240. The molecule has 0 atom stereocenters. The third-order valence-electron chi connectivity index (χ3n) is 5.14. The molecule has 0 heterocycles. The fourth-order valence-electron chi connectivity index (χ4n) is 3.41. The molecule has 0 aliphatic heterocycles. The Labute approximate surface area is 215 Å². The molecule has 35 heavy (non-hydrogen) atoms. The number of carboxylic acids is 2. The van der Waals surface area contributed by atoms with Crippen LogP contribution in [0.2, 0.25) is 0 Å². The van der Waals surface area contributed by atoms with Crippen molar-refractivity contribution in [3.8, 4) is 0 Å². The number of carbonyl (C=O) groups is 2. The van der Waals surface area contributed by atoms with Crippen LogP contribution in [-0.2, 0) is 22.4 Å². The van der Waals surface area contributed by atoms with Gasteiger partial charge in [0.25, 0.3) is 0 Å². The Bertz CT molecular complexity index is 1140. The molecule has 0 spiro atoms. The summed E-state index contributed by atoms with van der Waals surface area (Å²) in [4.78, 5) is 22.8. The Morgan fingerprint density at radius 2 is 0.771 bits per heavy atom. The van der Waals surface area contributed by atoms with Gasteiger partial charge in [-0.3, -0.25) is 0 Å². The molecule has 0 saturated heterocycles. The Hall–Kier alpha value is -3.64. The van der Waals surface area contributed by atoms with Crippen molar-refractivity contribution in [1.29, 1.82) is 0 Å². The molecule has 0 aliphatic rings. The van der Waals surface area contributed by atoms with Gasteiger partial charge >= 0.3 is 89.0 Å². The predicted octanol–water partition coefficient (Wildman–Crippen LogP) is 1.61. The second-order valence-electron chi connectivity index (χ2n) is 7.71. The fourth-order valence-corrected chi connectivity index (χ4v) is 6.42. The van der Waals surface area contributed by atoms with E-state index in [9.17, 15) is 19.8 Å². The summed E-state index contributed by atoms with van der Waals surface area (Å²) in [6, 6.07) is 39.2. The van der Waals surface area contributed by atoms with E-state index in [1.54, 1.807) is 60.7 Å². The maximum absolute atomic E-state index is 11.4. The van der Waals surface area contributed by atoms with Crippen molar-refractivity contribution in [3.05, 3.63) is 144 Å². The molecule has 172 valence electrons. The standard InChI is InChI=1S/C18H16O4.2C6H5.Sn/c19-17(20)15(11-13-7-3-1-4-8-13)16(18(21)22)12-14-9-5-2-6-10-14;2*1-2-4-6-5-3-1;/h1-10H,11-12H2,(H,19,20)(H,21,22);2*1-5H;/q;;;+2/p-2/b16-15-;;;. The van der Waals surface area contributed by atoms with Crippen LogP contribution in [0.25, 0.3) is 0 Å². The average Bonchev–Trinajstić information content (AvgIpc) is 2.89. The van der Waals surface area contributed by atoms with Gasteiger partial charge in [-0.2, -0.15) is 0 Å². The molecule has 4 aromatic carbocycles. The van der Waals surface area contributed by atoms with Gasteiger partial charge < -0.3 is 19.8 Å². The van der Waals surface area contributed by atoms with Crippen LogP contribution in [0.15, 0.2) is 132 Å². The molecular formula is C30H24O4Sn. The zero-order valence-corrected chi connectivity index (χ0v) is 21.9. The Balaban J connectivity index is 0.000000223. The molecule has 0 amide bonds. The first kappa shape index (κ1) is 26.0. The molecule has 0 fully saturated rings. The molecule has 4 nitrogen and oxygen atoms in total. The monoisotopic (exact) mass is 568 g/mol. The molecule has 0 saturated carbocycles. The Morgan fingerprint density at radius 1 is 0.486 bits per heavy atom. The summed E-state index contributed by atoms with van der Waals surface area (Å²) in [6.45, 7) is 0. The number of aliphatic carboxylic acids is 2. The van der Waals surface area contributed by atoms with Crippen molar-refractivity contribution in [1.82, 2.24) is 0 Å². The predicted molar refractivity (Wildman–Crippen MR) is 135 cm³/mol. The van der Waals surface area contributed by atoms with E-state index in [-0.39, 0.29) is 24.0 Å². The van der Waals surface area contributed by atoms with Crippen molar-refractivity contribution in [2.45, 2.75) is 12.8 Å². The molecule has 0 N–H and O–H groups in total. The second-order valence-corrected chi connectivity index (χ2v) is 11.7. The van der Waals surface area contributed by atoms with Crippen LogP contribution in [0.3, 0.4) is 0 Å². The number of carboxylic acid groups (broad SMARTS) is 2. The minimum atomic E-state index is -1.49. The summed E-state index contributed by atoms with van der Waals surface area (Å²) in [5.41, 5.74) is 0.895. The van der Waals surface area contributed by atoms with Crippen molar-refractivity contribution >= 4 is 40.2 Å². The first-order valence-corrected chi connectivity index (χ1v) is 14.0. The van der Waals surface area contributed by atoms with Gasteiger partial charge in [0.15, 0.2) is 0 Å². The first-order chi connectivity index (χ1) is 17.0. The molecule has 0 radical (unpaired) electrons. The van der Waals surface area contributed by atoms with E-state index in [2.05, 4.69) is 60.7 Å². The summed E-state index contributed by atoms with van der Waals surface area (Å²) in [7, 11) is 0. The van der Waals surface area contributed by atoms with Crippen LogP contribution in [0.1, 0.15) is 11.1 Å². The summed E-state index contributed by atoms with van der Waals surface area (Å²) in [5.74, 6) is -2.97. The Kier molecular flexibility index (Phi) is 10.3. The van der Waals surface area contributed by atoms with E-state index in [1.807, 2.05) is 0 Å². The molecule has 0 aromatic heterocycles. The molecule has 4 rings (SSSR count).